The largest absolute Gasteiger partial charge is 0.247 e. The van der Waals surface area contributed by atoms with Crippen molar-refractivity contribution in [2.45, 2.75) is 15.2 Å². The van der Waals surface area contributed by atoms with E-state index in [0.29, 0.717) is 17.5 Å². The molecule has 298 valence electrons. The third-order valence-electron chi connectivity index (χ3n) is 13.0. The number of rotatable bonds is 5. The molecular weight excluding hydrogens is 797 g/mol. The summed E-state index contributed by atoms with van der Waals surface area (Å²) in [6.07, 6.45) is 0. The van der Waals surface area contributed by atoms with Crippen molar-refractivity contribution in [3.05, 3.63) is 241 Å². The van der Waals surface area contributed by atoms with Crippen molar-refractivity contribution in [3.8, 4) is 67.7 Å². The third kappa shape index (κ3) is 5.57. The molecule has 0 N–H and O–H groups in total. The van der Waals surface area contributed by atoms with Gasteiger partial charge in [0.05, 0.1) is 16.6 Å². The zero-order valence-electron chi connectivity index (χ0n) is 34.5. The first-order chi connectivity index (χ1) is 31.7. The monoisotopic (exact) mass is 832 g/mol. The molecule has 0 radical (unpaired) electrons. The molecule has 0 bridgehead atoms. The van der Waals surface area contributed by atoms with Crippen LogP contribution in [0.2, 0.25) is 0 Å². The summed E-state index contributed by atoms with van der Waals surface area (Å²) in [5.74, 6) is 1.92. The summed E-state index contributed by atoms with van der Waals surface area (Å²) in [7, 11) is 0. The van der Waals surface area contributed by atoms with Gasteiger partial charge in [-0.05, 0) is 68.8 Å². The quantitative estimate of drug-likeness (QED) is 0.162. The van der Waals surface area contributed by atoms with Gasteiger partial charge in [0.1, 0.15) is 0 Å². The van der Waals surface area contributed by atoms with Gasteiger partial charge in [-0.2, -0.15) is 0 Å². The second-order valence-corrected chi connectivity index (χ2v) is 17.6. The van der Waals surface area contributed by atoms with E-state index >= 15 is 0 Å². The lowest BCUT2D eigenvalue weighted by Gasteiger charge is -2.39. The Morgan fingerprint density at radius 3 is 1.42 bits per heavy atom. The van der Waals surface area contributed by atoms with E-state index in [4.69, 9.17) is 19.9 Å². The Balaban J connectivity index is 1.03. The standard InChI is InChI=1S/C59H36N4S/c1-4-16-38(17-5-1)55-44-33-34-49-54(43-22-10-11-23-46(43)59(49)47-24-12-14-26-51(47)64-52-27-15-13-25-48(52)59)53(44)45-36-42(32-35-50(45)60-55)37-28-30-41(31-29-37)58-62-56(39-18-6-2-7-19-39)61-57(63-58)40-20-8-3-9-21-40/h1-36H. The minimum absolute atomic E-state index is 0.482. The first kappa shape index (κ1) is 36.6. The first-order valence-corrected chi connectivity index (χ1v) is 22.4. The van der Waals surface area contributed by atoms with E-state index < -0.39 is 5.41 Å². The van der Waals surface area contributed by atoms with Crippen LogP contribution in [-0.2, 0) is 5.41 Å². The fourth-order valence-electron chi connectivity index (χ4n) is 10.2. The van der Waals surface area contributed by atoms with Crippen molar-refractivity contribution in [2.24, 2.45) is 0 Å². The van der Waals surface area contributed by atoms with E-state index in [1.165, 1.54) is 48.6 Å². The van der Waals surface area contributed by atoms with Crippen molar-refractivity contribution >= 4 is 33.4 Å². The molecule has 1 spiro atoms. The van der Waals surface area contributed by atoms with Gasteiger partial charge in [-0.15, -0.1) is 0 Å². The molecule has 2 aromatic heterocycles. The summed E-state index contributed by atoms with van der Waals surface area (Å²) < 4.78 is 0. The Morgan fingerprint density at radius 1 is 0.328 bits per heavy atom. The van der Waals surface area contributed by atoms with Crippen LogP contribution in [0, 0.1) is 0 Å². The molecule has 0 saturated heterocycles. The van der Waals surface area contributed by atoms with Crippen molar-refractivity contribution < 1.29 is 0 Å². The molecule has 0 amide bonds. The molecular formula is C59H36N4S. The fraction of sp³-hybridized carbons (Fsp3) is 0.0169. The zero-order chi connectivity index (χ0) is 42.2. The molecule has 9 aromatic carbocycles. The number of pyridine rings is 1. The normalized spacial score (nSPS) is 13.1. The summed E-state index contributed by atoms with van der Waals surface area (Å²) in [6.45, 7) is 0. The summed E-state index contributed by atoms with van der Waals surface area (Å²) in [5.41, 5.74) is 15.4. The highest BCUT2D eigenvalue weighted by atomic mass is 32.2. The van der Waals surface area contributed by atoms with Gasteiger partial charge in [-0.1, -0.05) is 206 Å². The van der Waals surface area contributed by atoms with Crippen LogP contribution < -0.4 is 0 Å². The summed E-state index contributed by atoms with van der Waals surface area (Å²) in [6, 6.07) is 78.1. The molecule has 3 heterocycles. The fourth-order valence-corrected chi connectivity index (χ4v) is 11.4. The highest BCUT2D eigenvalue weighted by Gasteiger charge is 2.50. The second kappa shape index (κ2) is 14.6. The van der Waals surface area contributed by atoms with E-state index in [1.54, 1.807) is 0 Å². The van der Waals surface area contributed by atoms with Crippen LogP contribution in [0.15, 0.2) is 228 Å². The molecule has 0 fully saturated rings. The summed E-state index contributed by atoms with van der Waals surface area (Å²) in [5, 5.41) is 3.50. The Morgan fingerprint density at radius 2 is 0.812 bits per heavy atom. The average Bonchev–Trinajstić information content (AvgIpc) is 3.67. The number of hydrogen-bond donors (Lipinski definition) is 0. The van der Waals surface area contributed by atoms with Crippen LogP contribution in [0.25, 0.3) is 89.4 Å². The Bertz CT molecular complexity index is 3520. The van der Waals surface area contributed by atoms with Gasteiger partial charge in [0.15, 0.2) is 17.5 Å². The number of benzene rings is 9. The van der Waals surface area contributed by atoms with Crippen LogP contribution >= 0.6 is 11.8 Å². The lowest BCUT2D eigenvalue weighted by Crippen LogP contribution is -2.31. The van der Waals surface area contributed by atoms with E-state index in [0.717, 1.165) is 55.4 Å². The Hall–Kier alpha value is -7.99. The van der Waals surface area contributed by atoms with Gasteiger partial charge < -0.3 is 0 Å². The van der Waals surface area contributed by atoms with Gasteiger partial charge in [-0.3, -0.25) is 0 Å². The van der Waals surface area contributed by atoms with Gasteiger partial charge in [-0.25, -0.2) is 19.9 Å². The topological polar surface area (TPSA) is 51.6 Å². The molecule has 4 nitrogen and oxygen atoms in total. The predicted molar refractivity (Wildman–Crippen MR) is 261 cm³/mol. The van der Waals surface area contributed by atoms with Gasteiger partial charge in [0, 0.05) is 48.2 Å². The van der Waals surface area contributed by atoms with Gasteiger partial charge >= 0.3 is 0 Å². The average molecular weight is 833 g/mol. The number of nitrogens with zero attached hydrogens (tertiary/aromatic N) is 4. The second-order valence-electron chi connectivity index (χ2n) is 16.5. The molecule has 64 heavy (non-hydrogen) atoms. The molecule has 1 aliphatic heterocycles. The Labute approximate surface area is 375 Å². The Kier molecular flexibility index (Phi) is 8.33. The molecule has 11 aromatic rings. The van der Waals surface area contributed by atoms with Gasteiger partial charge in [0.25, 0.3) is 0 Å². The molecule has 2 aliphatic rings. The third-order valence-corrected chi connectivity index (χ3v) is 14.1. The van der Waals surface area contributed by atoms with Crippen LogP contribution in [0.1, 0.15) is 22.3 Å². The summed E-state index contributed by atoms with van der Waals surface area (Å²) >= 11 is 1.88. The number of aromatic nitrogens is 4. The highest BCUT2D eigenvalue weighted by molar-refractivity contribution is 7.99. The van der Waals surface area contributed by atoms with E-state index in [-0.39, 0.29) is 0 Å². The van der Waals surface area contributed by atoms with E-state index in [9.17, 15) is 0 Å². The van der Waals surface area contributed by atoms with Crippen LogP contribution in [-0.4, -0.2) is 19.9 Å². The minimum atomic E-state index is -0.482. The summed E-state index contributed by atoms with van der Waals surface area (Å²) in [4.78, 5) is 22.9. The van der Waals surface area contributed by atoms with Crippen LogP contribution in [0.5, 0.6) is 0 Å². The molecule has 1 aliphatic carbocycles. The maximum Gasteiger partial charge on any atom is 0.164 e. The van der Waals surface area contributed by atoms with E-state index in [1.807, 2.05) is 72.4 Å². The number of fused-ring (bicyclic) bond motifs is 13. The molecule has 13 rings (SSSR count). The predicted octanol–water partition coefficient (Wildman–Crippen LogP) is 14.7. The molecule has 0 atom stereocenters. The maximum atomic E-state index is 5.46. The molecule has 5 heteroatoms. The number of hydrogen-bond acceptors (Lipinski definition) is 5. The maximum absolute atomic E-state index is 5.46. The first-order valence-electron chi connectivity index (χ1n) is 21.6. The lowest BCUT2D eigenvalue weighted by atomic mass is 9.67. The van der Waals surface area contributed by atoms with Crippen molar-refractivity contribution in [3.63, 3.8) is 0 Å². The van der Waals surface area contributed by atoms with Crippen LogP contribution in [0.3, 0.4) is 0 Å². The van der Waals surface area contributed by atoms with Crippen molar-refractivity contribution in [1.29, 1.82) is 0 Å². The van der Waals surface area contributed by atoms with Crippen molar-refractivity contribution in [2.75, 3.05) is 0 Å². The molecule has 0 unspecified atom stereocenters. The van der Waals surface area contributed by atoms with E-state index in [2.05, 4.69) is 158 Å². The van der Waals surface area contributed by atoms with Gasteiger partial charge in [0.2, 0.25) is 0 Å². The smallest absolute Gasteiger partial charge is 0.164 e. The highest BCUT2D eigenvalue weighted by Crippen LogP contribution is 2.63. The zero-order valence-corrected chi connectivity index (χ0v) is 35.3. The minimum Gasteiger partial charge on any atom is -0.247 e. The molecule has 0 saturated carbocycles. The van der Waals surface area contributed by atoms with Crippen LogP contribution in [0.4, 0.5) is 0 Å². The SMILES string of the molecule is c1ccc(-c2nc(-c3ccccc3)nc(-c3ccc(-c4ccc5nc(-c6ccccc6)c6ccc7c(c6c5c4)-c4ccccc4C74c5ccccc5Sc5ccccc54)cc3)n2)cc1. The lowest BCUT2D eigenvalue weighted by molar-refractivity contribution is 0.723. The van der Waals surface area contributed by atoms with Crippen molar-refractivity contribution in [1.82, 2.24) is 19.9 Å².